The average molecular weight is 371 g/mol. The van der Waals surface area contributed by atoms with Crippen molar-refractivity contribution in [2.45, 2.75) is 6.92 Å². The Kier molecular flexibility index (Phi) is 3.39. The SMILES string of the molecule is CCOc1ccc2nc(Nc3nc4cc5c(cc4s3)OCO5)sc2c1. The lowest BCUT2D eigenvalue weighted by atomic mass is 10.3. The van der Waals surface area contributed by atoms with Crippen molar-refractivity contribution in [3.63, 3.8) is 0 Å². The van der Waals surface area contributed by atoms with Gasteiger partial charge in [-0.25, -0.2) is 9.97 Å². The summed E-state index contributed by atoms with van der Waals surface area (Å²) in [4.78, 5) is 9.23. The standard InChI is InChI=1S/C17H13N3O3S2/c1-2-21-9-3-4-10-14(5-9)24-16(18-10)20-17-19-11-6-12-13(23-8-22-12)7-15(11)25-17/h3-7H,2,8H2,1H3,(H,18,19,20). The van der Waals surface area contributed by atoms with E-state index in [1.54, 1.807) is 22.7 Å². The maximum Gasteiger partial charge on any atom is 0.231 e. The molecule has 0 unspecified atom stereocenters. The van der Waals surface area contributed by atoms with Gasteiger partial charge in [0.1, 0.15) is 5.75 Å². The highest BCUT2D eigenvalue weighted by molar-refractivity contribution is 7.24. The predicted molar refractivity (Wildman–Crippen MR) is 99.8 cm³/mol. The van der Waals surface area contributed by atoms with E-state index in [9.17, 15) is 0 Å². The summed E-state index contributed by atoms with van der Waals surface area (Å²) in [6, 6.07) is 9.80. The molecule has 0 amide bonds. The molecule has 0 spiro atoms. The van der Waals surface area contributed by atoms with Gasteiger partial charge in [-0.3, -0.25) is 0 Å². The van der Waals surface area contributed by atoms with Crippen molar-refractivity contribution in [3.8, 4) is 17.2 Å². The van der Waals surface area contributed by atoms with Crippen molar-refractivity contribution >= 4 is 53.4 Å². The minimum atomic E-state index is 0.271. The highest BCUT2D eigenvalue weighted by atomic mass is 32.1. The lowest BCUT2D eigenvalue weighted by Gasteiger charge is -2.00. The van der Waals surface area contributed by atoms with Crippen LogP contribution < -0.4 is 19.5 Å². The van der Waals surface area contributed by atoms with Gasteiger partial charge in [0.05, 0.1) is 27.0 Å². The van der Waals surface area contributed by atoms with Crippen molar-refractivity contribution in [2.24, 2.45) is 0 Å². The molecule has 0 bridgehead atoms. The summed E-state index contributed by atoms with van der Waals surface area (Å²) >= 11 is 3.14. The Labute approximate surface area is 151 Å². The van der Waals surface area contributed by atoms with Crippen LogP contribution in [0.4, 0.5) is 10.3 Å². The second-order valence-corrected chi connectivity index (χ2v) is 7.46. The summed E-state index contributed by atoms with van der Waals surface area (Å²) in [5.41, 5.74) is 1.83. The molecule has 5 rings (SSSR count). The third kappa shape index (κ3) is 2.63. The lowest BCUT2D eigenvalue weighted by Crippen LogP contribution is -1.92. The number of hydrogen-bond acceptors (Lipinski definition) is 8. The van der Waals surface area contributed by atoms with E-state index in [1.165, 1.54) is 0 Å². The molecule has 1 N–H and O–H groups in total. The van der Waals surface area contributed by atoms with Crippen molar-refractivity contribution in [1.29, 1.82) is 0 Å². The molecular weight excluding hydrogens is 358 g/mol. The van der Waals surface area contributed by atoms with Crippen molar-refractivity contribution in [1.82, 2.24) is 9.97 Å². The molecule has 2 aromatic carbocycles. The average Bonchev–Trinajstić information content (AvgIpc) is 3.29. The molecule has 6 nitrogen and oxygen atoms in total. The second-order valence-electron chi connectivity index (χ2n) is 5.40. The van der Waals surface area contributed by atoms with E-state index >= 15 is 0 Å². The largest absolute Gasteiger partial charge is 0.494 e. The van der Waals surface area contributed by atoms with Gasteiger partial charge in [0, 0.05) is 12.1 Å². The number of hydrogen-bond donors (Lipinski definition) is 1. The summed E-state index contributed by atoms with van der Waals surface area (Å²) in [7, 11) is 0. The summed E-state index contributed by atoms with van der Waals surface area (Å²) in [5, 5.41) is 4.90. The molecule has 2 aromatic heterocycles. The van der Waals surface area contributed by atoms with Crippen molar-refractivity contribution in [2.75, 3.05) is 18.7 Å². The number of rotatable bonds is 4. The molecule has 3 heterocycles. The summed E-state index contributed by atoms with van der Waals surface area (Å²) < 4.78 is 18.5. The van der Waals surface area contributed by atoms with E-state index in [0.29, 0.717) is 6.61 Å². The zero-order valence-electron chi connectivity index (χ0n) is 13.2. The van der Waals surface area contributed by atoms with Crippen LogP contribution in [0, 0.1) is 0 Å². The van der Waals surface area contributed by atoms with E-state index in [-0.39, 0.29) is 6.79 Å². The van der Waals surface area contributed by atoms with E-state index in [4.69, 9.17) is 14.2 Å². The fourth-order valence-corrected chi connectivity index (χ4v) is 4.51. The minimum Gasteiger partial charge on any atom is -0.494 e. The Hall–Kier alpha value is -2.58. The van der Waals surface area contributed by atoms with Gasteiger partial charge in [-0.15, -0.1) is 0 Å². The molecular formula is C17H13N3O3S2. The number of ether oxygens (including phenoxy) is 3. The Morgan fingerprint density at radius 3 is 2.52 bits per heavy atom. The zero-order chi connectivity index (χ0) is 16.8. The third-order valence-corrected chi connectivity index (χ3v) is 5.63. The fraction of sp³-hybridized carbons (Fsp3) is 0.176. The first kappa shape index (κ1) is 14.7. The number of fused-ring (bicyclic) bond motifs is 3. The van der Waals surface area contributed by atoms with Crippen LogP contribution in [0.3, 0.4) is 0 Å². The molecule has 25 heavy (non-hydrogen) atoms. The number of thiazole rings is 2. The Morgan fingerprint density at radius 1 is 1.00 bits per heavy atom. The molecule has 1 aliphatic heterocycles. The van der Waals surface area contributed by atoms with Gasteiger partial charge < -0.3 is 19.5 Å². The normalized spacial score (nSPS) is 12.8. The fourth-order valence-electron chi connectivity index (χ4n) is 2.68. The zero-order valence-corrected chi connectivity index (χ0v) is 14.9. The molecule has 1 aliphatic rings. The molecule has 0 atom stereocenters. The van der Waals surface area contributed by atoms with Crippen LogP contribution in [0.1, 0.15) is 6.92 Å². The van der Waals surface area contributed by atoms with Crippen LogP contribution in [0.5, 0.6) is 17.2 Å². The van der Waals surface area contributed by atoms with E-state index in [1.807, 2.05) is 37.3 Å². The molecule has 0 fully saturated rings. The Balaban J connectivity index is 1.46. The van der Waals surface area contributed by atoms with Crippen LogP contribution in [-0.4, -0.2) is 23.4 Å². The van der Waals surface area contributed by atoms with Crippen LogP contribution in [0.25, 0.3) is 20.4 Å². The van der Waals surface area contributed by atoms with Gasteiger partial charge in [0.2, 0.25) is 6.79 Å². The van der Waals surface area contributed by atoms with E-state index in [0.717, 1.165) is 47.9 Å². The molecule has 0 saturated carbocycles. The van der Waals surface area contributed by atoms with Gasteiger partial charge in [-0.05, 0) is 25.1 Å². The van der Waals surface area contributed by atoms with Gasteiger partial charge in [0.15, 0.2) is 21.8 Å². The van der Waals surface area contributed by atoms with E-state index < -0.39 is 0 Å². The predicted octanol–water partition coefficient (Wildman–Crippen LogP) is 4.78. The molecule has 0 radical (unpaired) electrons. The quantitative estimate of drug-likeness (QED) is 0.557. The maximum absolute atomic E-state index is 5.54. The molecule has 126 valence electrons. The highest BCUT2D eigenvalue weighted by Crippen LogP contribution is 2.40. The number of aromatic nitrogens is 2. The van der Waals surface area contributed by atoms with Gasteiger partial charge in [0.25, 0.3) is 0 Å². The number of nitrogens with zero attached hydrogens (tertiary/aromatic N) is 2. The Bertz CT molecular complexity index is 1050. The molecule has 0 saturated heterocycles. The highest BCUT2D eigenvalue weighted by Gasteiger charge is 2.17. The Morgan fingerprint density at radius 2 is 1.72 bits per heavy atom. The summed E-state index contributed by atoms with van der Waals surface area (Å²) in [5.74, 6) is 2.37. The first-order chi connectivity index (χ1) is 12.3. The lowest BCUT2D eigenvalue weighted by molar-refractivity contribution is 0.174. The summed E-state index contributed by atoms with van der Waals surface area (Å²) in [6.07, 6.45) is 0. The monoisotopic (exact) mass is 371 g/mol. The van der Waals surface area contributed by atoms with Crippen LogP contribution in [0.15, 0.2) is 30.3 Å². The topological polar surface area (TPSA) is 65.5 Å². The third-order valence-electron chi connectivity index (χ3n) is 3.77. The summed E-state index contributed by atoms with van der Waals surface area (Å²) in [6.45, 7) is 2.90. The van der Waals surface area contributed by atoms with Crippen LogP contribution in [0.2, 0.25) is 0 Å². The van der Waals surface area contributed by atoms with Gasteiger partial charge >= 0.3 is 0 Å². The van der Waals surface area contributed by atoms with Crippen LogP contribution in [-0.2, 0) is 0 Å². The number of anilines is 2. The molecule has 8 heteroatoms. The number of nitrogens with one attached hydrogen (secondary N) is 1. The maximum atomic E-state index is 5.54. The first-order valence-corrected chi connectivity index (χ1v) is 9.42. The first-order valence-electron chi connectivity index (χ1n) is 7.79. The number of benzene rings is 2. The smallest absolute Gasteiger partial charge is 0.231 e. The molecule has 0 aliphatic carbocycles. The van der Waals surface area contributed by atoms with E-state index in [2.05, 4.69) is 15.3 Å². The van der Waals surface area contributed by atoms with Crippen molar-refractivity contribution < 1.29 is 14.2 Å². The minimum absolute atomic E-state index is 0.271. The van der Waals surface area contributed by atoms with Gasteiger partial charge in [-0.1, -0.05) is 22.7 Å². The second kappa shape index (κ2) is 5.75. The van der Waals surface area contributed by atoms with Crippen LogP contribution >= 0.6 is 22.7 Å². The van der Waals surface area contributed by atoms with Gasteiger partial charge in [-0.2, -0.15) is 0 Å². The van der Waals surface area contributed by atoms with Crippen molar-refractivity contribution in [3.05, 3.63) is 30.3 Å². The molecule has 4 aromatic rings.